The normalized spacial score (nSPS) is 10.0. The van der Waals surface area contributed by atoms with Crippen molar-refractivity contribution in [2.24, 2.45) is 0 Å². The van der Waals surface area contributed by atoms with E-state index in [9.17, 15) is 40.5 Å². The third-order valence-corrected chi connectivity index (χ3v) is 2.66. The molecule has 0 aliphatic rings. The summed E-state index contributed by atoms with van der Waals surface area (Å²) < 4.78 is 0. The smallest absolute Gasteiger partial charge is 0.258 e. The highest BCUT2D eigenvalue weighted by Crippen LogP contribution is 2.45. The minimum atomic E-state index is -1.31. The largest absolute Gasteiger partial charge is 0.423 e. The molecule has 0 aliphatic carbocycles. The van der Waals surface area contributed by atoms with Gasteiger partial charge in [0.05, 0.1) is 25.9 Å². The van der Waals surface area contributed by atoms with E-state index >= 15 is 0 Å². The molecule has 0 atom stereocenters. The lowest BCUT2D eigenvalue weighted by molar-refractivity contribution is -0.447. The predicted molar refractivity (Wildman–Crippen MR) is 66.5 cm³/mol. The number of benzene rings is 1. The Hall–Kier alpha value is -3.38. The molecule has 0 heterocycles. The van der Waals surface area contributed by atoms with Gasteiger partial charge in [-0.25, -0.2) is 10.1 Å². The van der Waals surface area contributed by atoms with E-state index in [2.05, 4.69) is 0 Å². The molecular weight excluding hydrogens is 294 g/mol. The van der Waals surface area contributed by atoms with E-state index in [1.54, 1.807) is 5.43 Å². The van der Waals surface area contributed by atoms with Crippen LogP contribution in [-0.2, 0) is 0 Å². The van der Waals surface area contributed by atoms with Gasteiger partial charge in [0, 0.05) is 0 Å². The van der Waals surface area contributed by atoms with E-state index in [0.717, 1.165) is 13.8 Å². The second-order valence-electron chi connectivity index (χ2n) is 3.81. The summed E-state index contributed by atoms with van der Waals surface area (Å²) in [5.41, 5.74) is -3.45. The molecule has 13 heteroatoms. The summed E-state index contributed by atoms with van der Waals surface area (Å²) in [7, 11) is 0. The highest BCUT2D eigenvalue weighted by Gasteiger charge is 2.42. The van der Waals surface area contributed by atoms with Crippen molar-refractivity contribution in [3.63, 3.8) is 0 Å². The van der Waals surface area contributed by atoms with Crippen LogP contribution in [0.5, 0.6) is 0 Å². The molecular formula is C8H7N5O8. The van der Waals surface area contributed by atoms with Gasteiger partial charge in [-0.1, -0.05) is 0 Å². The van der Waals surface area contributed by atoms with Gasteiger partial charge in [0.1, 0.15) is 5.69 Å². The highest BCUT2D eigenvalue weighted by molar-refractivity contribution is 5.81. The fourth-order valence-corrected chi connectivity index (χ4v) is 1.86. The van der Waals surface area contributed by atoms with Gasteiger partial charge in [0.2, 0.25) is 0 Å². The summed E-state index contributed by atoms with van der Waals surface area (Å²) in [6, 6.07) is 0. The van der Waals surface area contributed by atoms with Crippen molar-refractivity contribution in [2.75, 3.05) is 5.43 Å². The average molecular weight is 301 g/mol. The number of nitro groups is 4. The van der Waals surface area contributed by atoms with E-state index in [0.29, 0.717) is 0 Å². The Morgan fingerprint density at radius 1 is 0.714 bits per heavy atom. The summed E-state index contributed by atoms with van der Waals surface area (Å²) in [6.45, 7) is 2.04. The molecule has 0 unspecified atom stereocenters. The highest BCUT2D eigenvalue weighted by atomic mass is 16.7. The molecule has 0 aromatic heterocycles. The van der Waals surface area contributed by atoms with Crippen molar-refractivity contribution in [1.82, 2.24) is 0 Å². The zero-order chi connectivity index (χ0) is 16.5. The molecule has 1 N–H and O–H groups in total. The number of rotatable bonds is 5. The average Bonchev–Trinajstić information content (AvgIpc) is 2.31. The van der Waals surface area contributed by atoms with E-state index in [4.69, 9.17) is 0 Å². The van der Waals surface area contributed by atoms with Crippen LogP contribution in [0.2, 0.25) is 0 Å². The summed E-state index contributed by atoms with van der Waals surface area (Å²) in [4.78, 5) is 39.7. The summed E-state index contributed by atoms with van der Waals surface area (Å²) in [5, 5.41) is 42.2. The monoisotopic (exact) mass is 301 g/mol. The molecule has 0 amide bonds. The number of anilines is 1. The molecule has 0 saturated carbocycles. The van der Waals surface area contributed by atoms with E-state index in [1.807, 2.05) is 0 Å². The van der Waals surface area contributed by atoms with Crippen LogP contribution in [0, 0.1) is 54.3 Å². The Balaban J connectivity index is 3.98. The van der Waals surface area contributed by atoms with Gasteiger partial charge in [-0.05, 0) is 13.8 Å². The van der Waals surface area contributed by atoms with Crippen LogP contribution in [0.3, 0.4) is 0 Å². The van der Waals surface area contributed by atoms with E-state index < -0.39 is 53.7 Å². The number of hydrogen-bond acceptors (Lipinski definition) is 8. The molecule has 0 saturated heterocycles. The minimum absolute atomic E-state index is 0.438. The van der Waals surface area contributed by atoms with Crippen molar-refractivity contribution in [3.05, 3.63) is 51.6 Å². The van der Waals surface area contributed by atoms with Crippen molar-refractivity contribution in [2.45, 2.75) is 13.8 Å². The molecule has 112 valence electrons. The lowest BCUT2D eigenvalue weighted by atomic mass is 10.0. The molecule has 21 heavy (non-hydrogen) atoms. The Bertz CT molecular complexity index is 643. The molecule has 0 fully saturated rings. The van der Waals surface area contributed by atoms with Gasteiger partial charge in [-0.3, -0.25) is 30.3 Å². The molecule has 0 radical (unpaired) electrons. The van der Waals surface area contributed by atoms with E-state index in [-0.39, 0.29) is 0 Å². The fraction of sp³-hybridized carbons (Fsp3) is 0.250. The fourth-order valence-electron chi connectivity index (χ4n) is 1.86. The first-order chi connectivity index (χ1) is 9.59. The first kappa shape index (κ1) is 15.7. The molecule has 0 aliphatic heterocycles. The van der Waals surface area contributed by atoms with Crippen LogP contribution in [0.1, 0.15) is 11.1 Å². The molecule has 1 rings (SSSR count). The summed E-state index contributed by atoms with van der Waals surface area (Å²) in [5.74, 6) is 0. The molecule has 13 nitrogen and oxygen atoms in total. The van der Waals surface area contributed by atoms with Crippen LogP contribution < -0.4 is 5.43 Å². The zero-order valence-corrected chi connectivity index (χ0v) is 10.6. The number of hydrazine groups is 1. The Labute approximate surface area is 114 Å². The van der Waals surface area contributed by atoms with Crippen molar-refractivity contribution < 1.29 is 19.8 Å². The van der Waals surface area contributed by atoms with Crippen LogP contribution in [-0.4, -0.2) is 19.8 Å². The lowest BCUT2D eigenvalue weighted by Crippen LogP contribution is -2.14. The van der Waals surface area contributed by atoms with Crippen LogP contribution in [0.15, 0.2) is 0 Å². The van der Waals surface area contributed by atoms with Gasteiger partial charge in [0.25, 0.3) is 0 Å². The van der Waals surface area contributed by atoms with Gasteiger partial charge in [-0.2, -0.15) is 0 Å². The van der Waals surface area contributed by atoms with Crippen LogP contribution in [0.4, 0.5) is 22.7 Å². The molecule has 1 aromatic rings. The van der Waals surface area contributed by atoms with Crippen LogP contribution in [0.25, 0.3) is 0 Å². The van der Waals surface area contributed by atoms with Gasteiger partial charge in [-0.15, -0.1) is 5.43 Å². The standard InChI is InChI=1S/C8H7N5O8/c1-3-5(9-13(20)21)4(2)7(11(16)17)8(12(18)19)6(3)10(14)15/h9H,1-2H3. The number of nitrogens with one attached hydrogen (secondary N) is 1. The van der Waals surface area contributed by atoms with E-state index in [1.165, 1.54) is 0 Å². The van der Waals surface area contributed by atoms with Crippen molar-refractivity contribution in [3.8, 4) is 0 Å². The predicted octanol–water partition coefficient (Wildman–Crippen LogP) is 1.63. The summed E-state index contributed by atoms with van der Waals surface area (Å²) in [6.07, 6.45) is 0. The Kier molecular flexibility index (Phi) is 3.97. The quantitative estimate of drug-likeness (QED) is 0.622. The second-order valence-corrected chi connectivity index (χ2v) is 3.81. The number of nitro benzene ring substituents is 3. The lowest BCUT2D eigenvalue weighted by Gasteiger charge is -2.08. The zero-order valence-electron chi connectivity index (χ0n) is 10.6. The molecule has 0 bridgehead atoms. The SMILES string of the molecule is Cc1c(N[N+](=O)[O-])c(C)c([N+](=O)[O-])c([N+](=O)[O-])c1[N+](=O)[O-]. The molecule has 1 aromatic carbocycles. The van der Waals surface area contributed by atoms with Gasteiger partial charge >= 0.3 is 17.1 Å². The van der Waals surface area contributed by atoms with Crippen molar-refractivity contribution in [1.29, 1.82) is 0 Å². The van der Waals surface area contributed by atoms with Gasteiger partial charge in [0.15, 0.2) is 5.03 Å². The summed E-state index contributed by atoms with van der Waals surface area (Å²) >= 11 is 0. The second kappa shape index (κ2) is 5.32. The maximum Gasteiger partial charge on any atom is 0.423 e. The third kappa shape index (κ3) is 2.65. The number of hydrogen-bond donors (Lipinski definition) is 1. The first-order valence-electron chi connectivity index (χ1n) is 5.11. The Morgan fingerprint density at radius 3 is 1.29 bits per heavy atom. The third-order valence-electron chi connectivity index (χ3n) is 2.66. The molecule has 0 spiro atoms. The first-order valence-corrected chi connectivity index (χ1v) is 5.11. The van der Waals surface area contributed by atoms with Gasteiger partial charge < -0.3 is 0 Å². The topological polar surface area (TPSA) is 185 Å². The van der Waals surface area contributed by atoms with Crippen molar-refractivity contribution >= 4 is 22.7 Å². The Morgan fingerprint density at radius 2 is 1.05 bits per heavy atom. The van der Waals surface area contributed by atoms with Crippen LogP contribution >= 0.6 is 0 Å². The maximum absolute atomic E-state index is 11.0. The number of nitrogens with zero attached hydrogens (tertiary/aromatic N) is 4. The maximum atomic E-state index is 11.0. The minimum Gasteiger partial charge on any atom is -0.258 e.